The smallest absolute Gasteiger partial charge is 0.324 e. The molecule has 0 spiro atoms. The fourth-order valence-electron chi connectivity index (χ4n) is 5.33. The van der Waals surface area contributed by atoms with Crippen LogP contribution in [-0.2, 0) is 6.42 Å². The normalized spacial score (nSPS) is 11.1. The molecule has 4 N–H and O–H groups in total. The number of imidazole rings is 1. The van der Waals surface area contributed by atoms with Gasteiger partial charge in [0.25, 0.3) is 0 Å². The Bertz CT molecular complexity index is 2190. The van der Waals surface area contributed by atoms with Gasteiger partial charge in [0.1, 0.15) is 11.6 Å². The van der Waals surface area contributed by atoms with Gasteiger partial charge >= 0.3 is 6.03 Å². The maximum absolute atomic E-state index is 13.4. The second-order valence-corrected chi connectivity index (χ2v) is 11.2. The monoisotopic (exact) mass is 623 g/mol. The molecule has 47 heavy (non-hydrogen) atoms. The summed E-state index contributed by atoms with van der Waals surface area (Å²) in [5, 5.41) is 15.7. The topological polar surface area (TPSA) is 135 Å². The first-order valence-corrected chi connectivity index (χ1v) is 15.5. The van der Waals surface area contributed by atoms with Crippen molar-refractivity contribution in [3.05, 3.63) is 115 Å². The molecule has 0 bridgehead atoms. The minimum Gasteiger partial charge on any atom is -0.438 e. The molecule has 234 valence electrons. The number of hydrogen-bond acceptors (Lipinski definition) is 7. The van der Waals surface area contributed by atoms with Crippen molar-refractivity contribution in [2.75, 3.05) is 16.0 Å². The van der Waals surface area contributed by atoms with Crippen LogP contribution in [-0.4, -0.2) is 35.7 Å². The van der Waals surface area contributed by atoms with E-state index in [1.807, 2.05) is 91.9 Å². The largest absolute Gasteiger partial charge is 0.438 e. The summed E-state index contributed by atoms with van der Waals surface area (Å²) in [6.07, 6.45) is 6.21. The van der Waals surface area contributed by atoms with Crippen molar-refractivity contribution in [3.63, 3.8) is 0 Å². The lowest BCUT2D eigenvalue weighted by molar-refractivity contribution is 0.262. The summed E-state index contributed by atoms with van der Waals surface area (Å²) in [5.74, 6) is 1.95. The van der Waals surface area contributed by atoms with Crippen LogP contribution in [0.15, 0.2) is 104 Å². The predicted molar refractivity (Wildman–Crippen MR) is 185 cm³/mol. The van der Waals surface area contributed by atoms with Crippen molar-refractivity contribution in [3.8, 4) is 17.3 Å². The Balaban J connectivity index is 1.10. The third kappa shape index (κ3) is 6.59. The van der Waals surface area contributed by atoms with E-state index in [9.17, 15) is 4.79 Å². The Labute approximate surface area is 271 Å². The molecule has 0 aliphatic rings. The van der Waals surface area contributed by atoms with Crippen LogP contribution >= 0.6 is 0 Å². The molecule has 0 radical (unpaired) electrons. The second-order valence-electron chi connectivity index (χ2n) is 11.2. The number of benzene rings is 4. The van der Waals surface area contributed by atoms with Gasteiger partial charge < -0.3 is 20.4 Å². The number of carbonyl (C=O) groups is 1. The van der Waals surface area contributed by atoms with E-state index >= 15 is 0 Å². The van der Waals surface area contributed by atoms with Crippen LogP contribution in [0.5, 0.6) is 11.6 Å². The summed E-state index contributed by atoms with van der Waals surface area (Å²) in [6, 6.07) is 28.5. The van der Waals surface area contributed by atoms with Crippen LogP contribution < -0.4 is 20.7 Å². The maximum atomic E-state index is 13.4. The van der Waals surface area contributed by atoms with Gasteiger partial charge in [0.15, 0.2) is 0 Å². The van der Waals surface area contributed by atoms with Crippen LogP contribution in [0.2, 0.25) is 0 Å². The van der Waals surface area contributed by atoms with E-state index < -0.39 is 0 Å². The predicted octanol–water partition coefficient (Wildman–Crippen LogP) is 8.52. The van der Waals surface area contributed by atoms with Crippen LogP contribution in [0.3, 0.4) is 0 Å². The molecule has 7 rings (SSSR count). The molecule has 3 heterocycles. The number of anilines is 4. The fourth-order valence-corrected chi connectivity index (χ4v) is 5.33. The molecule has 0 aliphatic carbocycles. The first-order valence-electron chi connectivity index (χ1n) is 15.5. The number of ether oxygens (including phenoxy) is 1. The molecule has 2 amide bonds. The number of carbonyl (C=O) groups excluding carboxylic acids is 1. The van der Waals surface area contributed by atoms with E-state index in [1.165, 1.54) is 0 Å². The van der Waals surface area contributed by atoms with Crippen molar-refractivity contribution in [2.45, 2.75) is 33.1 Å². The van der Waals surface area contributed by atoms with Crippen molar-refractivity contribution < 1.29 is 9.53 Å². The van der Waals surface area contributed by atoms with Crippen molar-refractivity contribution in [1.29, 1.82) is 0 Å². The summed E-state index contributed by atoms with van der Waals surface area (Å²) in [4.78, 5) is 29.7. The highest BCUT2D eigenvalue weighted by Crippen LogP contribution is 2.34. The Hall–Kier alpha value is -6.23. The van der Waals surface area contributed by atoms with Crippen LogP contribution in [0.4, 0.5) is 27.9 Å². The van der Waals surface area contributed by atoms with E-state index in [0.717, 1.165) is 63.7 Å². The minimum absolute atomic E-state index is 0.371. The van der Waals surface area contributed by atoms with Gasteiger partial charge in [-0.3, -0.25) is 5.32 Å². The van der Waals surface area contributed by atoms with Gasteiger partial charge in [-0.05, 0) is 62.2 Å². The number of fused-ring (bicyclic) bond motifs is 2. The number of urea groups is 1. The van der Waals surface area contributed by atoms with Crippen LogP contribution in [0.1, 0.15) is 31.0 Å². The molecule has 0 aliphatic heterocycles. The minimum atomic E-state index is -0.376. The lowest BCUT2D eigenvalue weighted by Gasteiger charge is -2.14. The molecule has 0 unspecified atom stereocenters. The van der Waals surface area contributed by atoms with Gasteiger partial charge in [0.2, 0.25) is 11.8 Å². The van der Waals surface area contributed by atoms with Gasteiger partial charge in [0, 0.05) is 34.8 Å². The zero-order valence-corrected chi connectivity index (χ0v) is 26.0. The van der Waals surface area contributed by atoms with Crippen molar-refractivity contribution in [2.24, 2.45) is 0 Å². The van der Waals surface area contributed by atoms with Gasteiger partial charge in [0.05, 0.1) is 34.4 Å². The van der Waals surface area contributed by atoms with Gasteiger partial charge in [-0.15, -0.1) is 0 Å². The first kappa shape index (κ1) is 29.5. The quantitative estimate of drug-likeness (QED) is 0.120. The Kier molecular flexibility index (Phi) is 8.16. The third-order valence-corrected chi connectivity index (χ3v) is 7.72. The standard InChI is InChI=1S/C36H33N9O2/c1-3-4-7-25-21-33(45(44-25)26-13-10-23(2)11-14-26)42-36(46)41-29-16-17-32(28-9-6-5-8-27(28)29)47-34-18-19-37-35(43-34)40-24-12-15-30-31(20-24)39-22-38-30/h5-6,8-22H,3-4,7H2,1-2H3,(H,38,39)(H,37,40,43)(H2,41,42,46). The maximum Gasteiger partial charge on any atom is 0.324 e. The van der Waals surface area contributed by atoms with Crippen molar-refractivity contribution in [1.82, 2.24) is 29.7 Å². The Morgan fingerprint density at radius 2 is 1.77 bits per heavy atom. The molecular weight excluding hydrogens is 590 g/mol. The molecule has 11 heteroatoms. The molecule has 7 aromatic rings. The van der Waals surface area contributed by atoms with Crippen LogP contribution in [0, 0.1) is 6.92 Å². The third-order valence-electron chi connectivity index (χ3n) is 7.72. The average Bonchev–Trinajstić information content (AvgIpc) is 3.72. The molecule has 0 atom stereocenters. The van der Waals surface area contributed by atoms with Gasteiger partial charge in [-0.2, -0.15) is 10.1 Å². The molecule has 0 fully saturated rings. The van der Waals surface area contributed by atoms with E-state index in [1.54, 1.807) is 23.3 Å². The zero-order chi connectivity index (χ0) is 32.2. The lowest BCUT2D eigenvalue weighted by atomic mass is 10.1. The number of aryl methyl sites for hydroxylation is 2. The number of aromatic nitrogens is 6. The number of nitrogens with zero attached hydrogens (tertiary/aromatic N) is 5. The highest BCUT2D eigenvalue weighted by atomic mass is 16.5. The molecule has 3 aromatic heterocycles. The van der Waals surface area contributed by atoms with E-state index in [0.29, 0.717) is 29.1 Å². The fraction of sp³-hybridized carbons (Fsp3) is 0.139. The SMILES string of the molecule is CCCCc1cc(NC(=O)Nc2ccc(Oc3ccnc(Nc4ccc5[nH]cnc5c4)n3)c3ccccc23)n(-c2ccc(C)cc2)n1. The molecule has 0 saturated carbocycles. The number of nitrogens with one attached hydrogen (secondary N) is 4. The lowest BCUT2D eigenvalue weighted by Crippen LogP contribution is -2.21. The number of H-pyrrole nitrogens is 1. The second kappa shape index (κ2) is 13.0. The number of amides is 2. The number of aromatic amines is 1. The Morgan fingerprint density at radius 1 is 0.915 bits per heavy atom. The van der Waals surface area contributed by atoms with E-state index in [4.69, 9.17) is 9.84 Å². The molecule has 11 nitrogen and oxygen atoms in total. The van der Waals surface area contributed by atoms with Crippen molar-refractivity contribution >= 4 is 51.0 Å². The van der Waals surface area contributed by atoms with Gasteiger partial charge in [-0.1, -0.05) is 55.3 Å². The van der Waals surface area contributed by atoms with E-state index in [2.05, 4.69) is 42.8 Å². The molecular formula is C36H33N9O2. The highest BCUT2D eigenvalue weighted by Gasteiger charge is 2.15. The highest BCUT2D eigenvalue weighted by molar-refractivity contribution is 6.07. The summed E-state index contributed by atoms with van der Waals surface area (Å²) < 4.78 is 8.02. The average molecular weight is 624 g/mol. The van der Waals surface area contributed by atoms with E-state index in [-0.39, 0.29) is 6.03 Å². The molecule has 4 aromatic carbocycles. The van der Waals surface area contributed by atoms with Gasteiger partial charge in [-0.25, -0.2) is 19.4 Å². The summed E-state index contributed by atoms with van der Waals surface area (Å²) in [6.45, 7) is 4.19. The Morgan fingerprint density at radius 3 is 2.62 bits per heavy atom. The number of rotatable bonds is 10. The summed E-state index contributed by atoms with van der Waals surface area (Å²) in [7, 11) is 0. The number of unbranched alkanes of at least 4 members (excludes halogenated alkanes) is 1. The number of hydrogen-bond donors (Lipinski definition) is 4. The summed E-state index contributed by atoms with van der Waals surface area (Å²) >= 11 is 0. The molecule has 0 saturated heterocycles. The first-order chi connectivity index (χ1) is 23.0. The summed E-state index contributed by atoms with van der Waals surface area (Å²) in [5.41, 5.74) is 6.18. The van der Waals surface area contributed by atoms with Crippen LogP contribution in [0.25, 0.3) is 27.5 Å². The zero-order valence-electron chi connectivity index (χ0n) is 26.0.